The lowest BCUT2D eigenvalue weighted by Crippen LogP contribution is -2.25. The van der Waals surface area contributed by atoms with E-state index in [0.717, 1.165) is 25.7 Å². The van der Waals surface area contributed by atoms with E-state index in [1.54, 1.807) is 0 Å². The normalized spacial score (nSPS) is 36.7. The lowest BCUT2D eigenvalue weighted by Gasteiger charge is -2.16. The molecule has 2 atom stereocenters. The molecule has 0 aromatic rings. The Labute approximate surface area is 83.8 Å². The maximum absolute atomic E-state index is 11.4. The van der Waals surface area contributed by atoms with Crippen LogP contribution in [0.25, 0.3) is 0 Å². The molecule has 1 aliphatic carbocycles. The molecular weight excluding hydrogens is 204 g/mol. The molecule has 1 saturated heterocycles. The monoisotopic (exact) mass is 218 g/mol. The van der Waals surface area contributed by atoms with E-state index in [9.17, 15) is 13.2 Å². The molecule has 80 valence electrons. The molecule has 4 nitrogen and oxygen atoms in total. The molecule has 0 amide bonds. The summed E-state index contributed by atoms with van der Waals surface area (Å²) in [4.78, 5) is 11.3. The van der Waals surface area contributed by atoms with Crippen molar-refractivity contribution in [2.75, 3.05) is 0 Å². The second kappa shape index (κ2) is 3.53. The molecule has 2 fully saturated rings. The van der Waals surface area contributed by atoms with Crippen LogP contribution in [0, 0.1) is 5.92 Å². The lowest BCUT2D eigenvalue weighted by molar-refractivity contribution is -0.136. The molecule has 14 heavy (non-hydrogen) atoms. The molecule has 0 bridgehead atoms. The van der Waals surface area contributed by atoms with Gasteiger partial charge in [-0.15, -0.1) is 0 Å². The molecule has 1 saturated carbocycles. The third-order valence-electron chi connectivity index (χ3n) is 3.07. The first-order chi connectivity index (χ1) is 6.61. The summed E-state index contributed by atoms with van der Waals surface area (Å²) in [6, 6.07) is 0. The summed E-state index contributed by atoms with van der Waals surface area (Å²) >= 11 is 0. The summed E-state index contributed by atoms with van der Waals surface area (Å²) in [5.74, 6) is -0.919. The van der Waals surface area contributed by atoms with Gasteiger partial charge in [0.05, 0.1) is 5.92 Å². The average Bonchev–Trinajstić information content (AvgIpc) is 2.19. The summed E-state index contributed by atoms with van der Waals surface area (Å²) in [6.07, 6.45) is 5.23. The Kier molecular flexibility index (Phi) is 2.51. The highest BCUT2D eigenvalue weighted by Crippen LogP contribution is 2.34. The predicted molar refractivity (Wildman–Crippen MR) is 50.0 cm³/mol. The van der Waals surface area contributed by atoms with E-state index in [1.807, 2.05) is 0 Å². The van der Waals surface area contributed by atoms with E-state index in [1.165, 1.54) is 0 Å². The fourth-order valence-electron chi connectivity index (χ4n) is 2.30. The van der Waals surface area contributed by atoms with Crippen LogP contribution in [0.1, 0.15) is 38.5 Å². The van der Waals surface area contributed by atoms with Gasteiger partial charge in [-0.2, -0.15) is 8.42 Å². The van der Waals surface area contributed by atoms with Gasteiger partial charge < -0.3 is 4.18 Å². The van der Waals surface area contributed by atoms with E-state index in [4.69, 9.17) is 0 Å². The zero-order chi connectivity index (χ0) is 10.2. The van der Waals surface area contributed by atoms with Crippen molar-refractivity contribution in [2.45, 2.75) is 43.8 Å². The van der Waals surface area contributed by atoms with Crippen LogP contribution in [0.3, 0.4) is 0 Å². The Morgan fingerprint density at radius 3 is 2.43 bits per heavy atom. The van der Waals surface area contributed by atoms with E-state index in [-0.39, 0.29) is 5.92 Å². The Morgan fingerprint density at radius 1 is 1.07 bits per heavy atom. The lowest BCUT2D eigenvalue weighted by atomic mass is 9.91. The number of rotatable bonds is 0. The fourth-order valence-corrected chi connectivity index (χ4v) is 3.88. The Balaban J connectivity index is 2.24. The first kappa shape index (κ1) is 9.96. The Morgan fingerprint density at radius 2 is 1.71 bits per heavy atom. The van der Waals surface area contributed by atoms with Gasteiger partial charge in [0.2, 0.25) is 0 Å². The molecule has 2 rings (SSSR count). The van der Waals surface area contributed by atoms with Crippen LogP contribution in [0.15, 0.2) is 0 Å². The SMILES string of the molecule is O=C1OS(=O)(=O)C2CCCCCCC12. The topological polar surface area (TPSA) is 60.4 Å². The largest absolute Gasteiger partial charge is 0.345 e. The summed E-state index contributed by atoms with van der Waals surface area (Å²) in [6.45, 7) is 0. The zero-order valence-electron chi connectivity index (χ0n) is 7.94. The molecule has 0 N–H and O–H groups in total. The van der Waals surface area contributed by atoms with Crippen LogP contribution in [0.5, 0.6) is 0 Å². The van der Waals surface area contributed by atoms with Crippen LogP contribution >= 0.6 is 0 Å². The van der Waals surface area contributed by atoms with Crippen LogP contribution in [-0.4, -0.2) is 19.6 Å². The summed E-state index contributed by atoms with van der Waals surface area (Å²) < 4.78 is 27.3. The molecule has 1 heterocycles. The second-order valence-electron chi connectivity index (χ2n) is 4.03. The molecule has 1 aliphatic heterocycles. The van der Waals surface area contributed by atoms with E-state index in [2.05, 4.69) is 4.18 Å². The van der Waals surface area contributed by atoms with Gasteiger partial charge in [-0.1, -0.05) is 25.7 Å². The standard InChI is InChI=1S/C9H14O4S/c10-9-7-5-3-1-2-4-6-8(7)14(11,12)13-9/h7-8H,1-6H2. The van der Waals surface area contributed by atoms with Crippen molar-refractivity contribution in [3.8, 4) is 0 Å². The molecule has 2 unspecified atom stereocenters. The first-order valence-electron chi connectivity index (χ1n) is 5.08. The maximum atomic E-state index is 11.4. The quantitative estimate of drug-likeness (QED) is 0.573. The summed E-state index contributed by atoms with van der Waals surface area (Å²) in [5.41, 5.74) is 0. The molecular formula is C9H14O4S. The minimum absolute atomic E-state index is 0.389. The van der Waals surface area contributed by atoms with Crippen molar-refractivity contribution in [3.05, 3.63) is 0 Å². The molecule has 0 radical (unpaired) electrons. The van der Waals surface area contributed by atoms with Gasteiger partial charge in [-0.05, 0) is 12.8 Å². The van der Waals surface area contributed by atoms with E-state index < -0.39 is 21.3 Å². The van der Waals surface area contributed by atoms with Crippen molar-refractivity contribution in [3.63, 3.8) is 0 Å². The molecule has 2 aliphatic rings. The van der Waals surface area contributed by atoms with Crippen LogP contribution in [0.4, 0.5) is 0 Å². The summed E-state index contributed by atoms with van der Waals surface area (Å²) in [5, 5.41) is -0.560. The van der Waals surface area contributed by atoms with Gasteiger partial charge in [0.25, 0.3) is 0 Å². The zero-order valence-corrected chi connectivity index (χ0v) is 8.76. The maximum Gasteiger partial charge on any atom is 0.326 e. The minimum Gasteiger partial charge on any atom is -0.345 e. The van der Waals surface area contributed by atoms with Gasteiger partial charge in [0.15, 0.2) is 0 Å². The number of hydrogen-bond acceptors (Lipinski definition) is 4. The van der Waals surface area contributed by atoms with E-state index >= 15 is 0 Å². The molecule has 0 aromatic heterocycles. The van der Waals surface area contributed by atoms with Crippen molar-refractivity contribution in [1.82, 2.24) is 0 Å². The number of hydrogen-bond donors (Lipinski definition) is 0. The predicted octanol–water partition coefficient (Wildman–Crippen LogP) is 1.21. The van der Waals surface area contributed by atoms with Crippen molar-refractivity contribution in [2.24, 2.45) is 5.92 Å². The first-order valence-corrected chi connectivity index (χ1v) is 6.55. The number of carbonyl (C=O) groups is 1. The molecule has 0 aromatic carbocycles. The average molecular weight is 218 g/mol. The van der Waals surface area contributed by atoms with Crippen molar-refractivity contribution in [1.29, 1.82) is 0 Å². The highest BCUT2D eigenvalue weighted by molar-refractivity contribution is 7.88. The van der Waals surface area contributed by atoms with Gasteiger partial charge in [0, 0.05) is 0 Å². The van der Waals surface area contributed by atoms with Crippen LogP contribution < -0.4 is 0 Å². The number of fused-ring (bicyclic) bond motifs is 1. The molecule has 5 heteroatoms. The van der Waals surface area contributed by atoms with Gasteiger partial charge in [-0.3, -0.25) is 4.79 Å². The van der Waals surface area contributed by atoms with E-state index in [0.29, 0.717) is 12.8 Å². The number of carbonyl (C=O) groups excluding carboxylic acids is 1. The third kappa shape index (κ3) is 1.65. The minimum atomic E-state index is -3.59. The van der Waals surface area contributed by atoms with Crippen LogP contribution in [0.2, 0.25) is 0 Å². The Bertz CT molecular complexity index is 333. The second-order valence-corrected chi connectivity index (χ2v) is 5.79. The molecule has 0 spiro atoms. The fraction of sp³-hybridized carbons (Fsp3) is 0.889. The van der Waals surface area contributed by atoms with Gasteiger partial charge >= 0.3 is 16.1 Å². The van der Waals surface area contributed by atoms with Crippen molar-refractivity contribution >= 4 is 16.1 Å². The highest BCUT2D eigenvalue weighted by atomic mass is 32.2. The van der Waals surface area contributed by atoms with Crippen molar-refractivity contribution < 1.29 is 17.4 Å². The van der Waals surface area contributed by atoms with Gasteiger partial charge in [0.1, 0.15) is 5.25 Å². The Hall–Kier alpha value is -0.580. The smallest absolute Gasteiger partial charge is 0.326 e. The highest BCUT2D eigenvalue weighted by Gasteiger charge is 2.48. The summed E-state index contributed by atoms with van der Waals surface area (Å²) in [7, 11) is -3.59. The van der Waals surface area contributed by atoms with Gasteiger partial charge in [-0.25, -0.2) is 0 Å². The van der Waals surface area contributed by atoms with Crippen LogP contribution in [-0.2, 0) is 19.1 Å². The third-order valence-corrected chi connectivity index (χ3v) is 4.78.